The minimum atomic E-state index is -3.39. The van der Waals surface area contributed by atoms with E-state index in [0.29, 0.717) is 5.69 Å². The number of nitrogens with one attached hydrogen (secondary N) is 1. The molecule has 15 heavy (non-hydrogen) atoms. The van der Waals surface area contributed by atoms with Crippen LogP contribution >= 0.6 is 0 Å². The van der Waals surface area contributed by atoms with Crippen LogP contribution in [0.5, 0.6) is 0 Å². The average Bonchev–Trinajstić information content (AvgIpc) is 2.27. The number of sulfonamides is 1. The summed E-state index contributed by atoms with van der Waals surface area (Å²) in [6.07, 6.45) is 1.51. The SMILES string of the molecule is CCS(=O)(=O)NC(C#N)c1ccccn1. The Labute approximate surface area is 88.8 Å². The molecule has 0 aliphatic heterocycles. The highest BCUT2D eigenvalue weighted by Crippen LogP contribution is 2.09. The second kappa shape index (κ2) is 4.87. The lowest BCUT2D eigenvalue weighted by molar-refractivity contribution is 0.575. The normalized spacial score (nSPS) is 13.1. The molecule has 5 nitrogen and oxygen atoms in total. The summed E-state index contributed by atoms with van der Waals surface area (Å²) in [6, 6.07) is 5.94. The Morgan fingerprint density at radius 2 is 2.33 bits per heavy atom. The van der Waals surface area contributed by atoms with Gasteiger partial charge in [0.2, 0.25) is 10.0 Å². The maximum atomic E-state index is 11.3. The lowest BCUT2D eigenvalue weighted by Gasteiger charge is -2.09. The van der Waals surface area contributed by atoms with Gasteiger partial charge in [0.15, 0.2) is 6.04 Å². The van der Waals surface area contributed by atoms with Crippen molar-refractivity contribution in [1.29, 1.82) is 5.26 Å². The van der Waals surface area contributed by atoms with Crippen LogP contribution in [0, 0.1) is 11.3 Å². The van der Waals surface area contributed by atoms with Crippen LogP contribution in [0.15, 0.2) is 24.4 Å². The number of nitriles is 1. The van der Waals surface area contributed by atoms with Crippen molar-refractivity contribution in [2.45, 2.75) is 13.0 Å². The molecule has 0 aliphatic carbocycles. The summed E-state index contributed by atoms with van der Waals surface area (Å²) in [5.74, 6) is -0.0575. The third kappa shape index (κ3) is 3.31. The third-order valence-electron chi connectivity index (χ3n) is 1.79. The lowest BCUT2D eigenvalue weighted by Crippen LogP contribution is -2.29. The van der Waals surface area contributed by atoms with Crippen LogP contribution in [-0.2, 0) is 10.0 Å². The molecule has 1 N–H and O–H groups in total. The van der Waals surface area contributed by atoms with Crippen LogP contribution in [0.25, 0.3) is 0 Å². The first-order valence-electron chi connectivity index (χ1n) is 4.39. The fourth-order valence-corrected chi connectivity index (χ4v) is 1.66. The molecule has 1 unspecified atom stereocenters. The van der Waals surface area contributed by atoms with Crippen LogP contribution in [-0.4, -0.2) is 19.2 Å². The Kier molecular flexibility index (Phi) is 3.77. The first kappa shape index (κ1) is 11.6. The van der Waals surface area contributed by atoms with Crippen molar-refractivity contribution in [2.75, 3.05) is 5.75 Å². The number of hydrogen-bond acceptors (Lipinski definition) is 4. The Bertz CT molecular complexity index is 450. The molecule has 0 saturated carbocycles. The number of nitrogens with zero attached hydrogens (tertiary/aromatic N) is 2. The Morgan fingerprint density at radius 3 is 2.80 bits per heavy atom. The molecular formula is C9H11N3O2S. The van der Waals surface area contributed by atoms with Gasteiger partial charge in [0.1, 0.15) is 0 Å². The molecule has 1 rings (SSSR count). The van der Waals surface area contributed by atoms with Gasteiger partial charge >= 0.3 is 0 Å². The van der Waals surface area contributed by atoms with E-state index >= 15 is 0 Å². The van der Waals surface area contributed by atoms with E-state index in [2.05, 4.69) is 9.71 Å². The first-order valence-corrected chi connectivity index (χ1v) is 6.05. The zero-order valence-corrected chi connectivity index (χ0v) is 9.03. The molecule has 80 valence electrons. The summed E-state index contributed by atoms with van der Waals surface area (Å²) in [4.78, 5) is 3.92. The molecule has 0 saturated heterocycles. The zero-order valence-electron chi connectivity index (χ0n) is 8.21. The lowest BCUT2D eigenvalue weighted by atomic mass is 10.2. The smallest absolute Gasteiger partial charge is 0.212 e. The Balaban J connectivity index is 2.89. The quantitative estimate of drug-likeness (QED) is 0.812. The van der Waals surface area contributed by atoms with Crippen LogP contribution < -0.4 is 4.72 Å². The zero-order chi connectivity index (χ0) is 11.3. The molecule has 0 spiro atoms. The molecule has 0 aliphatic rings. The summed E-state index contributed by atoms with van der Waals surface area (Å²) < 4.78 is 24.8. The monoisotopic (exact) mass is 225 g/mol. The van der Waals surface area contributed by atoms with Crippen molar-refractivity contribution >= 4 is 10.0 Å². The Morgan fingerprint density at radius 1 is 1.60 bits per heavy atom. The number of hydrogen-bond donors (Lipinski definition) is 1. The van der Waals surface area contributed by atoms with Gasteiger partial charge in [-0.25, -0.2) is 8.42 Å². The molecule has 0 amide bonds. The van der Waals surface area contributed by atoms with E-state index in [1.165, 1.54) is 13.1 Å². The van der Waals surface area contributed by atoms with Crippen LogP contribution in [0.3, 0.4) is 0 Å². The van der Waals surface area contributed by atoms with Gasteiger partial charge in [-0.2, -0.15) is 9.98 Å². The maximum Gasteiger partial charge on any atom is 0.212 e. The second-order valence-electron chi connectivity index (χ2n) is 2.84. The first-order chi connectivity index (χ1) is 7.09. The predicted molar refractivity (Wildman–Crippen MR) is 55.2 cm³/mol. The van der Waals surface area contributed by atoms with E-state index in [0.717, 1.165) is 0 Å². The van der Waals surface area contributed by atoms with E-state index in [1.807, 2.05) is 6.07 Å². The summed E-state index contributed by atoms with van der Waals surface area (Å²) in [5, 5.41) is 8.82. The summed E-state index contributed by atoms with van der Waals surface area (Å²) in [6.45, 7) is 1.51. The van der Waals surface area contributed by atoms with Gasteiger partial charge in [0.25, 0.3) is 0 Å². The van der Waals surface area contributed by atoms with Gasteiger partial charge in [-0.05, 0) is 19.1 Å². The van der Waals surface area contributed by atoms with Gasteiger partial charge in [-0.1, -0.05) is 6.07 Å². The van der Waals surface area contributed by atoms with E-state index in [1.54, 1.807) is 18.2 Å². The van der Waals surface area contributed by atoms with E-state index in [4.69, 9.17) is 5.26 Å². The Hall–Kier alpha value is -1.45. The number of aromatic nitrogens is 1. The molecule has 6 heteroatoms. The van der Waals surface area contributed by atoms with Crippen LogP contribution in [0.2, 0.25) is 0 Å². The molecule has 1 heterocycles. The molecule has 0 fully saturated rings. The highest BCUT2D eigenvalue weighted by Gasteiger charge is 2.17. The molecule has 0 aromatic carbocycles. The summed E-state index contributed by atoms with van der Waals surface area (Å²) in [5.41, 5.74) is 0.400. The van der Waals surface area contributed by atoms with Crippen molar-refractivity contribution in [3.63, 3.8) is 0 Å². The van der Waals surface area contributed by atoms with Crippen LogP contribution in [0.4, 0.5) is 0 Å². The minimum Gasteiger partial charge on any atom is -0.258 e. The highest BCUT2D eigenvalue weighted by molar-refractivity contribution is 7.89. The van der Waals surface area contributed by atoms with E-state index < -0.39 is 16.1 Å². The molecule has 1 aromatic rings. The minimum absolute atomic E-state index is 0.0575. The largest absolute Gasteiger partial charge is 0.258 e. The number of pyridine rings is 1. The standard InChI is InChI=1S/C9H11N3O2S/c1-2-15(13,14)12-9(7-10)8-5-3-4-6-11-8/h3-6,9,12H,2H2,1H3. The fraction of sp³-hybridized carbons (Fsp3) is 0.333. The molecule has 1 atom stereocenters. The third-order valence-corrected chi connectivity index (χ3v) is 3.14. The highest BCUT2D eigenvalue weighted by atomic mass is 32.2. The van der Waals surface area contributed by atoms with Gasteiger partial charge in [0.05, 0.1) is 17.5 Å². The van der Waals surface area contributed by atoms with Crippen molar-refractivity contribution in [3.05, 3.63) is 30.1 Å². The molecule has 1 aromatic heterocycles. The van der Waals surface area contributed by atoms with Gasteiger partial charge in [-0.15, -0.1) is 0 Å². The second-order valence-corrected chi connectivity index (χ2v) is 4.88. The summed E-state index contributed by atoms with van der Waals surface area (Å²) >= 11 is 0. The van der Waals surface area contributed by atoms with Gasteiger partial charge in [0, 0.05) is 6.20 Å². The summed E-state index contributed by atoms with van der Waals surface area (Å²) in [7, 11) is -3.39. The predicted octanol–water partition coefficient (Wildman–Crippen LogP) is 0.586. The van der Waals surface area contributed by atoms with Crippen molar-refractivity contribution in [1.82, 2.24) is 9.71 Å². The van der Waals surface area contributed by atoms with Crippen molar-refractivity contribution < 1.29 is 8.42 Å². The van der Waals surface area contributed by atoms with E-state index in [9.17, 15) is 8.42 Å². The molecule has 0 bridgehead atoms. The van der Waals surface area contributed by atoms with Gasteiger partial charge < -0.3 is 0 Å². The van der Waals surface area contributed by atoms with Crippen molar-refractivity contribution in [2.24, 2.45) is 0 Å². The molecular weight excluding hydrogens is 214 g/mol. The fourth-order valence-electron chi connectivity index (χ4n) is 0.962. The molecule has 0 radical (unpaired) electrons. The average molecular weight is 225 g/mol. The topological polar surface area (TPSA) is 82.9 Å². The van der Waals surface area contributed by atoms with Gasteiger partial charge in [-0.3, -0.25) is 4.98 Å². The van der Waals surface area contributed by atoms with E-state index in [-0.39, 0.29) is 5.75 Å². The van der Waals surface area contributed by atoms with Crippen molar-refractivity contribution in [3.8, 4) is 6.07 Å². The number of rotatable bonds is 4. The maximum absolute atomic E-state index is 11.3. The van der Waals surface area contributed by atoms with Crippen LogP contribution in [0.1, 0.15) is 18.7 Å².